The normalized spacial score (nSPS) is 14.8. The highest BCUT2D eigenvalue weighted by atomic mass is 35.5. The van der Waals surface area contributed by atoms with Crippen molar-refractivity contribution in [1.82, 2.24) is 4.90 Å². The summed E-state index contributed by atoms with van der Waals surface area (Å²) in [4.78, 5) is 39.4. The van der Waals surface area contributed by atoms with E-state index in [2.05, 4.69) is 5.32 Å². The van der Waals surface area contributed by atoms with Gasteiger partial charge in [-0.05, 0) is 30.3 Å². The van der Waals surface area contributed by atoms with Crippen LogP contribution in [-0.2, 0) is 6.54 Å². The first kappa shape index (κ1) is 20.1. The van der Waals surface area contributed by atoms with Crippen molar-refractivity contribution >= 4 is 35.0 Å². The van der Waals surface area contributed by atoms with Crippen LogP contribution in [0.1, 0.15) is 43.3 Å². The second kappa shape index (κ2) is 8.05. The minimum absolute atomic E-state index is 0.0215. The van der Waals surface area contributed by atoms with Crippen LogP contribution in [0.5, 0.6) is 11.5 Å². The summed E-state index contributed by atoms with van der Waals surface area (Å²) in [5, 5.41) is 3.02. The van der Waals surface area contributed by atoms with Gasteiger partial charge in [-0.2, -0.15) is 0 Å². The molecule has 3 heterocycles. The molecule has 1 N–H and O–H groups in total. The molecule has 5 rings (SSSR count). The molecule has 0 fully saturated rings. The van der Waals surface area contributed by atoms with E-state index in [4.69, 9.17) is 25.5 Å². The second-order valence-electron chi connectivity index (χ2n) is 7.32. The Bertz CT molecular complexity index is 1240. The lowest BCUT2D eigenvalue weighted by atomic mass is 10.1. The number of hydrogen-bond acceptors (Lipinski definition) is 6. The maximum Gasteiger partial charge on any atom is 0.261 e. The minimum Gasteiger partial charge on any atom is -0.490 e. The van der Waals surface area contributed by atoms with Gasteiger partial charge in [0.15, 0.2) is 11.5 Å². The Balaban J connectivity index is 1.38. The molecule has 162 valence electrons. The number of rotatable bonds is 4. The first-order valence-electron chi connectivity index (χ1n) is 9.94. The highest BCUT2D eigenvalue weighted by Crippen LogP contribution is 2.38. The third kappa shape index (κ3) is 3.58. The predicted octanol–water partition coefficient (Wildman–Crippen LogP) is 4.14. The fourth-order valence-electron chi connectivity index (χ4n) is 3.61. The van der Waals surface area contributed by atoms with Crippen LogP contribution in [0.15, 0.2) is 53.1 Å². The zero-order chi connectivity index (χ0) is 22.2. The molecule has 0 bridgehead atoms. The van der Waals surface area contributed by atoms with E-state index in [1.54, 1.807) is 24.3 Å². The number of hydrogen-bond donors (Lipinski definition) is 1. The van der Waals surface area contributed by atoms with Crippen molar-refractivity contribution in [2.75, 3.05) is 18.5 Å². The summed E-state index contributed by atoms with van der Waals surface area (Å²) in [6.45, 7) is 1.04. The van der Waals surface area contributed by atoms with E-state index in [1.807, 2.05) is 0 Å². The molecule has 1 aromatic heterocycles. The molecule has 2 aromatic carbocycles. The van der Waals surface area contributed by atoms with Gasteiger partial charge in [0.25, 0.3) is 17.7 Å². The standard InChI is InChI=1S/C23H17ClN2O6/c24-17-10-19-20(32-8-2-7-31-19)11-18(17)25-21(27)13-4-5-15-16(9-13)23(29)26(22(15)28)12-14-3-1-6-30-14/h1,3-6,9-11H,2,7-8,12H2,(H,25,27). The second-order valence-corrected chi connectivity index (χ2v) is 7.73. The molecule has 2 aliphatic heterocycles. The van der Waals surface area contributed by atoms with Crippen molar-refractivity contribution < 1.29 is 28.3 Å². The summed E-state index contributed by atoms with van der Waals surface area (Å²) in [6.07, 6.45) is 2.22. The number of fused-ring (bicyclic) bond motifs is 2. The number of imide groups is 1. The van der Waals surface area contributed by atoms with E-state index in [-0.39, 0.29) is 23.2 Å². The van der Waals surface area contributed by atoms with Gasteiger partial charge in [-0.15, -0.1) is 0 Å². The minimum atomic E-state index is -0.482. The van der Waals surface area contributed by atoms with E-state index < -0.39 is 17.7 Å². The molecule has 0 atom stereocenters. The maximum absolute atomic E-state index is 12.9. The van der Waals surface area contributed by atoms with Crippen LogP contribution in [0.3, 0.4) is 0 Å². The summed E-state index contributed by atoms with van der Waals surface area (Å²) in [5.74, 6) is 0.105. The van der Waals surface area contributed by atoms with E-state index in [9.17, 15) is 14.4 Å². The van der Waals surface area contributed by atoms with Gasteiger partial charge in [0.2, 0.25) is 0 Å². The third-order valence-corrected chi connectivity index (χ3v) is 5.53. The van der Waals surface area contributed by atoms with E-state index in [0.29, 0.717) is 41.2 Å². The zero-order valence-electron chi connectivity index (χ0n) is 16.7. The van der Waals surface area contributed by atoms with Crippen molar-refractivity contribution in [2.45, 2.75) is 13.0 Å². The highest BCUT2D eigenvalue weighted by Gasteiger charge is 2.36. The van der Waals surface area contributed by atoms with Gasteiger partial charge in [0.1, 0.15) is 5.76 Å². The number of carbonyl (C=O) groups excluding carboxylic acids is 3. The van der Waals surface area contributed by atoms with Crippen molar-refractivity contribution in [3.63, 3.8) is 0 Å². The molecule has 3 aromatic rings. The number of nitrogens with zero attached hydrogens (tertiary/aromatic N) is 1. The van der Waals surface area contributed by atoms with Gasteiger partial charge < -0.3 is 19.2 Å². The van der Waals surface area contributed by atoms with Gasteiger partial charge in [-0.25, -0.2) is 0 Å². The average molecular weight is 453 g/mol. The van der Waals surface area contributed by atoms with E-state index in [1.165, 1.54) is 24.5 Å². The third-order valence-electron chi connectivity index (χ3n) is 5.21. The summed E-state index contributed by atoms with van der Waals surface area (Å²) in [7, 11) is 0. The number of halogens is 1. The average Bonchev–Trinajstić information content (AvgIpc) is 3.30. The molecule has 8 nitrogen and oxygen atoms in total. The van der Waals surface area contributed by atoms with Gasteiger partial charge in [0, 0.05) is 24.1 Å². The first-order chi connectivity index (χ1) is 15.5. The van der Waals surface area contributed by atoms with Crippen LogP contribution >= 0.6 is 11.6 Å². The molecule has 2 aliphatic rings. The fourth-order valence-corrected chi connectivity index (χ4v) is 3.81. The lowest BCUT2D eigenvalue weighted by Gasteiger charge is -2.12. The Morgan fingerprint density at radius 1 is 1.00 bits per heavy atom. The van der Waals surface area contributed by atoms with Gasteiger partial charge in [-0.3, -0.25) is 19.3 Å². The highest BCUT2D eigenvalue weighted by molar-refractivity contribution is 6.34. The van der Waals surface area contributed by atoms with Crippen LogP contribution in [0.4, 0.5) is 5.69 Å². The molecule has 0 radical (unpaired) electrons. The van der Waals surface area contributed by atoms with Crippen LogP contribution in [0.2, 0.25) is 5.02 Å². The van der Waals surface area contributed by atoms with E-state index in [0.717, 1.165) is 11.3 Å². The molecule has 0 aliphatic carbocycles. The van der Waals surface area contributed by atoms with E-state index >= 15 is 0 Å². The smallest absolute Gasteiger partial charge is 0.261 e. The van der Waals surface area contributed by atoms with Crippen molar-refractivity contribution in [3.05, 3.63) is 76.2 Å². The Morgan fingerprint density at radius 3 is 2.50 bits per heavy atom. The monoisotopic (exact) mass is 452 g/mol. The molecule has 0 saturated carbocycles. The van der Waals surface area contributed by atoms with Crippen LogP contribution in [-0.4, -0.2) is 35.8 Å². The Hall–Kier alpha value is -3.78. The van der Waals surface area contributed by atoms with Crippen molar-refractivity contribution in [1.29, 1.82) is 0 Å². The lowest BCUT2D eigenvalue weighted by Crippen LogP contribution is -2.28. The quantitative estimate of drug-likeness (QED) is 0.597. The van der Waals surface area contributed by atoms with Crippen molar-refractivity contribution in [2.24, 2.45) is 0 Å². The Morgan fingerprint density at radius 2 is 1.75 bits per heavy atom. The molecular weight excluding hydrogens is 436 g/mol. The van der Waals surface area contributed by atoms with Crippen LogP contribution < -0.4 is 14.8 Å². The number of furan rings is 1. The van der Waals surface area contributed by atoms with Crippen LogP contribution in [0.25, 0.3) is 0 Å². The summed E-state index contributed by atoms with van der Waals surface area (Å²) in [5.41, 5.74) is 0.974. The fraction of sp³-hybridized carbons (Fsp3) is 0.174. The predicted molar refractivity (Wildman–Crippen MR) is 114 cm³/mol. The molecule has 0 saturated heterocycles. The number of ether oxygens (including phenoxy) is 2. The topological polar surface area (TPSA) is 98.1 Å². The Labute approximate surface area is 187 Å². The molecule has 0 spiro atoms. The zero-order valence-corrected chi connectivity index (χ0v) is 17.5. The summed E-state index contributed by atoms with van der Waals surface area (Å²) < 4.78 is 16.5. The van der Waals surface area contributed by atoms with Gasteiger partial charge >= 0.3 is 0 Å². The van der Waals surface area contributed by atoms with Gasteiger partial charge in [-0.1, -0.05) is 11.6 Å². The number of nitrogens with one attached hydrogen (secondary N) is 1. The summed E-state index contributed by atoms with van der Waals surface area (Å²) >= 11 is 6.30. The summed E-state index contributed by atoms with van der Waals surface area (Å²) in [6, 6.07) is 10.9. The largest absolute Gasteiger partial charge is 0.490 e. The van der Waals surface area contributed by atoms with Gasteiger partial charge in [0.05, 0.1) is 47.9 Å². The number of carbonyl (C=O) groups is 3. The van der Waals surface area contributed by atoms with Crippen molar-refractivity contribution in [3.8, 4) is 11.5 Å². The van der Waals surface area contributed by atoms with Crippen LogP contribution in [0, 0.1) is 0 Å². The molecule has 0 unspecified atom stereocenters. The molecule has 32 heavy (non-hydrogen) atoms. The molecule has 3 amide bonds. The Kier molecular flexibility index (Phi) is 5.07. The molecule has 9 heteroatoms. The molecular formula is C23H17ClN2O6. The number of anilines is 1. The number of benzene rings is 2. The SMILES string of the molecule is O=C(Nc1cc2c(cc1Cl)OCCCO2)c1ccc2c(c1)C(=O)N(Cc1ccco1)C2=O. The number of amides is 3. The maximum atomic E-state index is 12.9. The lowest BCUT2D eigenvalue weighted by molar-refractivity contribution is 0.0631. The first-order valence-corrected chi connectivity index (χ1v) is 10.3.